The van der Waals surface area contributed by atoms with Gasteiger partial charge < -0.3 is 20.5 Å². The molecule has 0 saturated carbocycles. The van der Waals surface area contributed by atoms with Crippen molar-refractivity contribution in [3.8, 4) is 0 Å². The molecular formula is C12H24N2O3. The number of methoxy groups -OCH3 is 1. The zero-order chi connectivity index (χ0) is 12.7. The Balaban J connectivity index is 2.49. The maximum Gasteiger partial charge on any atom is 0.240 e. The second-order valence-electron chi connectivity index (χ2n) is 4.68. The van der Waals surface area contributed by atoms with E-state index in [1.54, 1.807) is 7.11 Å². The first-order valence-electron chi connectivity index (χ1n) is 6.29. The van der Waals surface area contributed by atoms with Gasteiger partial charge in [-0.1, -0.05) is 13.3 Å². The van der Waals surface area contributed by atoms with Gasteiger partial charge in [-0.2, -0.15) is 0 Å². The van der Waals surface area contributed by atoms with Crippen molar-refractivity contribution in [1.29, 1.82) is 0 Å². The van der Waals surface area contributed by atoms with E-state index in [4.69, 9.17) is 15.2 Å². The molecule has 17 heavy (non-hydrogen) atoms. The molecule has 0 aromatic carbocycles. The summed E-state index contributed by atoms with van der Waals surface area (Å²) in [7, 11) is 1.64. The smallest absolute Gasteiger partial charge is 0.240 e. The zero-order valence-electron chi connectivity index (χ0n) is 10.8. The van der Waals surface area contributed by atoms with E-state index in [1.165, 1.54) is 0 Å². The summed E-state index contributed by atoms with van der Waals surface area (Å²) in [5.74, 6) is -0.0729. The maximum atomic E-state index is 12.1. The zero-order valence-corrected chi connectivity index (χ0v) is 10.8. The molecule has 1 aliphatic heterocycles. The highest BCUT2D eigenvalue weighted by Crippen LogP contribution is 2.18. The van der Waals surface area contributed by atoms with Gasteiger partial charge in [-0.15, -0.1) is 0 Å². The predicted octanol–water partition coefficient (Wildman–Crippen LogP) is 0.426. The Bertz CT molecular complexity index is 234. The molecule has 0 bridgehead atoms. The fourth-order valence-corrected chi connectivity index (χ4v) is 2.04. The molecule has 5 heteroatoms. The fraction of sp³-hybridized carbons (Fsp3) is 0.917. The van der Waals surface area contributed by atoms with Gasteiger partial charge in [-0.05, 0) is 19.3 Å². The number of carbonyl (C=O) groups excluding carboxylic acids is 1. The van der Waals surface area contributed by atoms with Gasteiger partial charge in [-0.25, -0.2) is 0 Å². The summed E-state index contributed by atoms with van der Waals surface area (Å²) >= 11 is 0. The van der Waals surface area contributed by atoms with Crippen LogP contribution >= 0.6 is 0 Å². The Hall–Kier alpha value is -0.650. The van der Waals surface area contributed by atoms with Crippen molar-refractivity contribution in [3.05, 3.63) is 0 Å². The number of carbonyl (C=O) groups is 1. The lowest BCUT2D eigenvalue weighted by Crippen LogP contribution is -2.59. The minimum absolute atomic E-state index is 0.0563. The van der Waals surface area contributed by atoms with Crippen LogP contribution in [-0.4, -0.2) is 44.4 Å². The molecule has 1 fully saturated rings. The van der Waals surface area contributed by atoms with E-state index in [9.17, 15) is 4.79 Å². The average molecular weight is 244 g/mol. The topological polar surface area (TPSA) is 73.6 Å². The van der Waals surface area contributed by atoms with Crippen molar-refractivity contribution >= 4 is 5.91 Å². The minimum Gasteiger partial charge on any atom is -0.383 e. The molecule has 1 heterocycles. The van der Waals surface area contributed by atoms with E-state index in [-0.39, 0.29) is 11.9 Å². The summed E-state index contributed by atoms with van der Waals surface area (Å²) in [4.78, 5) is 12.1. The number of amides is 1. The van der Waals surface area contributed by atoms with E-state index in [0.717, 1.165) is 12.8 Å². The summed E-state index contributed by atoms with van der Waals surface area (Å²) in [5.41, 5.74) is 5.34. The number of rotatable bonds is 6. The van der Waals surface area contributed by atoms with Crippen molar-refractivity contribution in [2.75, 3.05) is 26.9 Å². The third kappa shape index (κ3) is 4.26. The molecule has 0 aromatic rings. The Kier molecular flexibility index (Phi) is 5.88. The van der Waals surface area contributed by atoms with Gasteiger partial charge >= 0.3 is 0 Å². The van der Waals surface area contributed by atoms with E-state index in [2.05, 4.69) is 12.2 Å². The highest BCUT2D eigenvalue weighted by Gasteiger charge is 2.36. The first-order chi connectivity index (χ1) is 8.12. The van der Waals surface area contributed by atoms with Gasteiger partial charge in [0.2, 0.25) is 5.91 Å². The Morgan fingerprint density at radius 1 is 1.53 bits per heavy atom. The normalized spacial score (nSPS) is 20.9. The van der Waals surface area contributed by atoms with Gasteiger partial charge in [0.25, 0.3) is 0 Å². The number of ether oxygens (including phenoxy) is 2. The molecule has 1 rings (SSSR count). The van der Waals surface area contributed by atoms with Gasteiger partial charge in [-0.3, -0.25) is 4.79 Å². The molecule has 0 radical (unpaired) electrons. The first-order valence-corrected chi connectivity index (χ1v) is 6.29. The highest BCUT2D eigenvalue weighted by molar-refractivity contribution is 5.86. The van der Waals surface area contributed by atoms with Crippen molar-refractivity contribution < 1.29 is 14.3 Å². The van der Waals surface area contributed by atoms with Crippen molar-refractivity contribution in [3.63, 3.8) is 0 Å². The molecule has 5 nitrogen and oxygen atoms in total. The summed E-state index contributed by atoms with van der Waals surface area (Å²) < 4.78 is 10.3. The molecule has 0 aromatic heterocycles. The molecule has 1 unspecified atom stereocenters. The van der Waals surface area contributed by atoms with E-state index in [1.807, 2.05) is 0 Å². The molecule has 1 saturated heterocycles. The fourth-order valence-electron chi connectivity index (χ4n) is 2.04. The van der Waals surface area contributed by atoms with Crippen LogP contribution in [-0.2, 0) is 14.3 Å². The summed E-state index contributed by atoms with van der Waals surface area (Å²) in [6.07, 6.45) is 3.09. The van der Waals surface area contributed by atoms with E-state index >= 15 is 0 Å². The van der Waals surface area contributed by atoms with Gasteiger partial charge in [0.05, 0.1) is 18.2 Å². The molecule has 0 spiro atoms. The van der Waals surface area contributed by atoms with E-state index in [0.29, 0.717) is 32.7 Å². The van der Waals surface area contributed by atoms with E-state index < -0.39 is 5.54 Å². The molecule has 3 N–H and O–H groups in total. The second-order valence-corrected chi connectivity index (χ2v) is 4.68. The van der Waals surface area contributed by atoms with Gasteiger partial charge in [0.15, 0.2) is 0 Å². The lowest BCUT2D eigenvalue weighted by Gasteiger charge is -2.33. The number of nitrogens with one attached hydrogen (secondary N) is 1. The van der Waals surface area contributed by atoms with Crippen molar-refractivity contribution in [2.24, 2.45) is 5.73 Å². The lowest BCUT2D eigenvalue weighted by molar-refractivity contribution is -0.130. The van der Waals surface area contributed by atoms with Crippen LogP contribution in [0.1, 0.15) is 32.6 Å². The Morgan fingerprint density at radius 3 is 2.71 bits per heavy atom. The predicted molar refractivity (Wildman–Crippen MR) is 65.7 cm³/mol. The standard InChI is InChI=1S/C12H24N2O3/c1-3-4-10(9-16-2)14-11(15)12(13)5-7-17-8-6-12/h10H,3-9,13H2,1-2H3,(H,14,15). The van der Waals surface area contributed by atoms with Crippen LogP contribution < -0.4 is 11.1 Å². The largest absolute Gasteiger partial charge is 0.383 e. The molecule has 1 amide bonds. The van der Waals surface area contributed by atoms with Crippen LogP contribution in [0.4, 0.5) is 0 Å². The SMILES string of the molecule is CCCC(COC)NC(=O)C1(N)CCOCC1. The molecule has 0 aliphatic carbocycles. The third-order valence-electron chi connectivity index (χ3n) is 3.18. The van der Waals surface area contributed by atoms with Crippen LogP contribution in [0.25, 0.3) is 0 Å². The summed E-state index contributed by atoms with van der Waals surface area (Å²) in [6, 6.07) is 0.0563. The van der Waals surface area contributed by atoms with Crippen molar-refractivity contribution in [2.45, 2.75) is 44.2 Å². The number of hydrogen-bond donors (Lipinski definition) is 2. The summed E-state index contributed by atoms with van der Waals surface area (Å²) in [6.45, 7) is 3.74. The maximum absolute atomic E-state index is 12.1. The van der Waals surface area contributed by atoms with Crippen LogP contribution in [0.2, 0.25) is 0 Å². The van der Waals surface area contributed by atoms with Crippen LogP contribution in [0.3, 0.4) is 0 Å². The second kappa shape index (κ2) is 6.93. The first kappa shape index (κ1) is 14.4. The van der Waals surface area contributed by atoms with Crippen LogP contribution in [0, 0.1) is 0 Å². The summed E-state index contributed by atoms with van der Waals surface area (Å²) in [5, 5.41) is 2.98. The lowest BCUT2D eigenvalue weighted by atomic mass is 9.90. The van der Waals surface area contributed by atoms with Crippen LogP contribution in [0.15, 0.2) is 0 Å². The highest BCUT2D eigenvalue weighted by atomic mass is 16.5. The molecular weight excluding hydrogens is 220 g/mol. The number of nitrogens with two attached hydrogens (primary N) is 1. The Morgan fingerprint density at radius 2 is 2.18 bits per heavy atom. The quantitative estimate of drug-likeness (QED) is 0.710. The molecule has 1 atom stereocenters. The monoisotopic (exact) mass is 244 g/mol. The average Bonchev–Trinajstić information content (AvgIpc) is 2.30. The molecule has 1 aliphatic rings. The van der Waals surface area contributed by atoms with Gasteiger partial charge in [0, 0.05) is 20.3 Å². The van der Waals surface area contributed by atoms with Gasteiger partial charge in [0.1, 0.15) is 0 Å². The van der Waals surface area contributed by atoms with Crippen molar-refractivity contribution in [1.82, 2.24) is 5.32 Å². The molecule has 100 valence electrons. The minimum atomic E-state index is -0.766. The Labute approximate surface area is 103 Å². The third-order valence-corrected chi connectivity index (χ3v) is 3.18. The van der Waals surface area contributed by atoms with Crippen LogP contribution in [0.5, 0.6) is 0 Å². The number of hydrogen-bond acceptors (Lipinski definition) is 4.